The first-order valence-corrected chi connectivity index (χ1v) is 14.7. The van der Waals surface area contributed by atoms with Crippen LogP contribution in [0.3, 0.4) is 0 Å². The van der Waals surface area contributed by atoms with Crippen molar-refractivity contribution < 1.29 is 9.90 Å². The van der Waals surface area contributed by atoms with Crippen molar-refractivity contribution >= 4 is 17.4 Å². The molecule has 1 aliphatic heterocycles. The molecule has 2 amide bonds. The molecule has 5 heteroatoms. The fourth-order valence-corrected chi connectivity index (χ4v) is 6.54. The second kappa shape index (κ2) is 12.3. The molecular formula is C32H43N3O2. The molecule has 2 aromatic carbocycles. The molecule has 37 heavy (non-hydrogen) atoms. The third kappa shape index (κ3) is 5.93. The number of rotatable bonds is 4. The number of anilines is 1. The highest BCUT2D eigenvalue weighted by molar-refractivity contribution is 6.14. The van der Waals surface area contributed by atoms with Crippen LogP contribution < -0.4 is 5.32 Å². The maximum absolute atomic E-state index is 13.9. The van der Waals surface area contributed by atoms with Crippen LogP contribution in [0.15, 0.2) is 41.5 Å². The van der Waals surface area contributed by atoms with Gasteiger partial charge >= 0.3 is 6.03 Å². The van der Waals surface area contributed by atoms with Crippen LogP contribution in [0.25, 0.3) is 11.1 Å². The SMILES string of the molecule is Cc1ccc2c(c1-c1ccc(CO)cc1)NC(=O)N(C1CCCCCCCCC1)N=C2C1CCCCC1. The standard InChI is InChI=1S/C32H43N3O2/c1-23-16-21-28-30(26-12-8-7-9-13-26)34-35(27-14-10-5-3-2-4-6-11-15-27)32(37)33-31(28)29(23)25-19-17-24(22-36)18-20-25/h16-21,26-27,36H,2-15,22H2,1H3,(H,33,37). The third-order valence-corrected chi connectivity index (χ3v) is 8.68. The molecule has 0 aromatic heterocycles. The zero-order valence-corrected chi connectivity index (χ0v) is 22.5. The van der Waals surface area contributed by atoms with Gasteiger partial charge in [0.05, 0.1) is 24.0 Å². The molecule has 5 rings (SSSR count). The second-order valence-corrected chi connectivity index (χ2v) is 11.3. The van der Waals surface area contributed by atoms with Crippen LogP contribution in [0, 0.1) is 12.8 Å². The van der Waals surface area contributed by atoms with Gasteiger partial charge in [-0.25, -0.2) is 9.80 Å². The molecule has 0 radical (unpaired) electrons. The van der Waals surface area contributed by atoms with Gasteiger partial charge in [-0.15, -0.1) is 0 Å². The minimum atomic E-state index is -0.0899. The average molecular weight is 502 g/mol. The maximum atomic E-state index is 13.9. The molecule has 1 heterocycles. The van der Waals surface area contributed by atoms with E-state index in [0.29, 0.717) is 5.92 Å². The topological polar surface area (TPSA) is 64.9 Å². The molecule has 2 aliphatic carbocycles. The van der Waals surface area contributed by atoms with Crippen LogP contribution in [0.5, 0.6) is 0 Å². The zero-order chi connectivity index (χ0) is 25.6. The summed E-state index contributed by atoms with van der Waals surface area (Å²) in [5, 5.41) is 20.0. The number of aliphatic hydroxyl groups excluding tert-OH is 1. The van der Waals surface area contributed by atoms with Crippen LogP contribution in [-0.4, -0.2) is 27.9 Å². The Morgan fingerprint density at radius 2 is 1.43 bits per heavy atom. The molecule has 0 atom stereocenters. The van der Waals surface area contributed by atoms with Crippen molar-refractivity contribution in [3.63, 3.8) is 0 Å². The van der Waals surface area contributed by atoms with E-state index in [-0.39, 0.29) is 18.7 Å². The molecule has 2 saturated carbocycles. The van der Waals surface area contributed by atoms with Crippen LogP contribution >= 0.6 is 0 Å². The van der Waals surface area contributed by atoms with Crippen molar-refractivity contribution in [1.29, 1.82) is 0 Å². The summed E-state index contributed by atoms with van der Waals surface area (Å²) in [5.41, 5.74) is 7.21. The van der Waals surface area contributed by atoms with E-state index in [1.165, 1.54) is 51.4 Å². The number of benzene rings is 2. The molecule has 2 N–H and O–H groups in total. The number of nitrogens with one attached hydrogen (secondary N) is 1. The Kier molecular flexibility index (Phi) is 8.60. The zero-order valence-electron chi connectivity index (χ0n) is 22.5. The predicted octanol–water partition coefficient (Wildman–Crippen LogP) is 8.18. The number of carbonyl (C=O) groups excluding carboxylic acids is 1. The summed E-state index contributed by atoms with van der Waals surface area (Å²) >= 11 is 0. The number of fused-ring (bicyclic) bond motifs is 1. The molecule has 0 bridgehead atoms. The number of aryl methyl sites for hydroxylation is 1. The molecule has 5 nitrogen and oxygen atoms in total. The number of hydrazone groups is 1. The van der Waals surface area contributed by atoms with Crippen molar-refractivity contribution in [1.82, 2.24) is 5.01 Å². The highest BCUT2D eigenvalue weighted by atomic mass is 16.3. The Labute approximate surface area is 222 Å². The minimum absolute atomic E-state index is 0.0255. The summed E-state index contributed by atoms with van der Waals surface area (Å²) < 4.78 is 0. The number of amides is 2. The molecule has 0 unspecified atom stereocenters. The molecule has 2 aromatic rings. The molecule has 2 fully saturated rings. The van der Waals surface area contributed by atoms with Crippen molar-refractivity contribution in [3.8, 4) is 11.1 Å². The van der Waals surface area contributed by atoms with Crippen LogP contribution in [0.4, 0.5) is 10.5 Å². The van der Waals surface area contributed by atoms with Gasteiger partial charge in [-0.3, -0.25) is 0 Å². The third-order valence-electron chi connectivity index (χ3n) is 8.68. The van der Waals surface area contributed by atoms with Gasteiger partial charge in [-0.1, -0.05) is 101 Å². The van der Waals surface area contributed by atoms with E-state index in [2.05, 4.69) is 36.5 Å². The number of nitrogens with zero attached hydrogens (tertiary/aromatic N) is 2. The van der Waals surface area contributed by atoms with E-state index < -0.39 is 0 Å². The van der Waals surface area contributed by atoms with Crippen LogP contribution in [-0.2, 0) is 6.61 Å². The van der Waals surface area contributed by atoms with Gasteiger partial charge < -0.3 is 10.4 Å². The summed E-state index contributed by atoms with van der Waals surface area (Å²) in [5.74, 6) is 0.384. The van der Waals surface area contributed by atoms with Gasteiger partial charge in [0.1, 0.15) is 0 Å². The van der Waals surface area contributed by atoms with Crippen LogP contribution in [0.2, 0.25) is 0 Å². The summed E-state index contributed by atoms with van der Waals surface area (Å²) in [4.78, 5) is 13.9. The van der Waals surface area contributed by atoms with E-state index in [0.717, 1.165) is 77.7 Å². The lowest BCUT2D eigenvalue weighted by molar-refractivity contribution is 0.178. The van der Waals surface area contributed by atoms with Gasteiger partial charge in [0, 0.05) is 17.0 Å². The van der Waals surface area contributed by atoms with Gasteiger partial charge in [0.25, 0.3) is 0 Å². The van der Waals surface area contributed by atoms with E-state index in [1.54, 1.807) is 0 Å². The fraction of sp³-hybridized carbons (Fsp3) is 0.562. The predicted molar refractivity (Wildman–Crippen MR) is 152 cm³/mol. The lowest BCUT2D eigenvalue weighted by Crippen LogP contribution is -2.39. The average Bonchev–Trinajstić information content (AvgIpc) is 3.08. The second-order valence-electron chi connectivity index (χ2n) is 11.3. The number of hydrogen-bond acceptors (Lipinski definition) is 3. The van der Waals surface area contributed by atoms with Gasteiger partial charge in [0.15, 0.2) is 0 Å². The number of hydrogen-bond donors (Lipinski definition) is 2. The quantitative estimate of drug-likeness (QED) is 0.444. The summed E-state index contributed by atoms with van der Waals surface area (Å²) in [7, 11) is 0. The van der Waals surface area contributed by atoms with E-state index in [1.807, 2.05) is 17.1 Å². The molecule has 198 valence electrons. The largest absolute Gasteiger partial charge is 0.392 e. The van der Waals surface area contributed by atoms with Crippen molar-refractivity contribution in [2.45, 2.75) is 109 Å². The smallest absolute Gasteiger partial charge is 0.342 e. The van der Waals surface area contributed by atoms with E-state index in [4.69, 9.17) is 5.10 Å². The van der Waals surface area contributed by atoms with Crippen LogP contribution in [0.1, 0.15) is 107 Å². The summed E-state index contributed by atoms with van der Waals surface area (Å²) in [6.07, 6.45) is 16.9. The van der Waals surface area contributed by atoms with Gasteiger partial charge in [-0.2, -0.15) is 5.10 Å². The summed E-state index contributed by atoms with van der Waals surface area (Å²) in [6.45, 7) is 2.14. The maximum Gasteiger partial charge on any atom is 0.342 e. The Morgan fingerprint density at radius 3 is 2.08 bits per heavy atom. The highest BCUT2D eigenvalue weighted by Gasteiger charge is 2.33. The van der Waals surface area contributed by atoms with Crippen molar-refractivity contribution in [2.24, 2.45) is 11.0 Å². The normalized spacial score (nSPS) is 20.5. The molecule has 3 aliphatic rings. The van der Waals surface area contributed by atoms with Gasteiger partial charge in [0.2, 0.25) is 0 Å². The monoisotopic (exact) mass is 501 g/mol. The molecule has 0 saturated heterocycles. The van der Waals surface area contributed by atoms with E-state index >= 15 is 0 Å². The van der Waals surface area contributed by atoms with Crippen molar-refractivity contribution in [3.05, 3.63) is 53.1 Å². The summed E-state index contributed by atoms with van der Waals surface area (Å²) in [6, 6.07) is 12.5. The first-order chi connectivity index (χ1) is 18.2. The van der Waals surface area contributed by atoms with Crippen molar-refractivity contribution in [2.75, 3.05) is 5.32 Å². The first kappa shape index (κ1) is 26.0. The lowest BCUT2D eigenvalue weighted by atomic mass is 9.81. The number of urea groups is 1. The Morgan fingerprint density at radius 1 is 0.838 bits per heavy atom. The Hall–Kier alpha value is -2.66. The van der Waals surface area contributed by atoms with E-state index in [9.17, 15) is 9.90 Å². The number of aliphatic hydroxyl groups is 1. The highest BCUT2D eigenvalue weighted by Crippen LogP contribution is 2.40. The first-order valence-electron chi connectivity index (χ1n) is 14.7. The Balaban J connectivity index is 1.57. The number of carbonyl (C=O) groups is 1. The lowest BCUT2D eigenvalue weighted by Gasteiger charge is -2.29. The van der Waals surface area contributed by atoms with Gasteiger partial charge in [-0.05, 0) is 49.3 Å². The molecular weight excluding hydrogens is 458 g/mol. The Bertz CT molecular complexity index is 1090. The fourth-order valence-electron chi connectivity index (χ4n) is 6.54. The minimum Gasteiger partial charge on any atom is -0.392 e. The molecule has 0 spiro atoms.